The Morgan fingerprint density at radius 3 is 2.68 bits per heavy atom. The molecular weight excluding hydrogens is 282 g/mol. The first-order chi connectivity index (χ1) is 8.97. The molecule has 0 saturated heterocycles. The minimum atomic E-state index is -3.32. The van der Waals surface area contributed by atoms with Crippen LogP contribution in [0.15, 0.2) is 4.90 Å². The molecule has 0 amide bonds. The SMILES string of the molecule is CCC(CC1CC1)Nc1snc(N)c1S(=O)(=O)CC. The van der Waals surface area contributed by atoms with Crippen LogP contribution in [0.2, 0.25) is 0 Å². The molecule has 3 N–H and O–H groups in total. The molecular formula is C12H21N3O2S2. The number of aromatic nitrogens is 1. The number of rotatable bonds is 7. The van der Waals surface area contributed by atoms with Crippen molar-refractivity contribution < 1.29 is 8.42 Å². The van der Waals surface area contributed by atoms with Crippen LogP contribution in [-0.4, -0.2) is 24.6 Å². The van der Waals surface area contributed by atoms with E-state index >= 15 is 0 Å². The minimum absolute atomic E-state index is 0.0453. The Hall–Kier alpha value is -0.820. The van der Waals surface area contributed by atoms with Gasteiger partial charge in [0.25, 0.3) is 0 Å². The van der Waals surface area contributed by atoms with Crippen LogP contribution in [0.4, 0.5) is 10.8 Å². The maximum atomic E-state index is 12.1. The van der Waals surface area contributed by atoms with Gasteiger partial charge in [0.15, 0.2) is 15.7 Å². The van der Waals surface area contributed by atoms with Crippen LogP contribution in [0, 0.1) is 5.92 Å². The van der Waals surface area contributed by atoms with Crippen molar-refractivity contribution in [2.45, 2.75) is 50.5 Å². The third-order valence-electron chi connectivity index (χ3n) is 3.51. The van der Waals surface area contributed by atoms with E-state index in [1.54, 1.807) is 6.92 Å². The molecule has 2 rings (SSSR count). The molecule has 108 valence electrons. The Morgan fingerprint density at radius 1 is 1.47 bits per heavy atom. The normalized spacial score (nSPS) is 17.4. The number of hydrogen-bond acceptors (Lipinski definition) is 6. The minimum Gasteiger partial charge on any atom is -0.382 e. The zero-order valence-corrected chi connectivity index (χ0v) is 13.0. The first-order valence-electron chi connectivity index (χ1n) is 6.72. The van der Waals surface area contributed by atoms with E-state index in [0.29, 0.717) is 11.0 Å². The smallest absolute Gasteiger partial charge is 0.184 e. The number of nitrogens with zero attached hydrogens (tertiary/aromatic N) is 1. The largest absolute Gasteiger partial charge is 0.382 e. The quantitative estimate of drug-likeness (QED) is 0.808. The molecule has 7 heteroatoms. The second-order valence-electron chi connectivity index (χ2n) is 5.06. The molecule has 1 saturated carbocycles. The van der Waals surface area contributed by atoms with Crippen LogP contribution in [0.3, 0.4) is 0 Å². The average Bonchev–Trinajstić information content (AvgIpc) is 3.11. The van der Waals surface area contributed by atoms with Gasteiger partial charge >= 0.3 is 0 Å². The standard InChI is InChI=1S/C12H21N3O2S2/c1-3-9(7-8-5-6-8)14-12-10(11(13)15-18-12)19(16,17)4-2/h8-9,14H,3-7H2,1-2H3,(H2,13,15). The molecule has 0 radical (unpaired) electrons. The molecule has 0 aromatic carbocycles. The first-order valence-corrected chi connectivity index (χ1v) is 9.14. The molecule has 0 aliphatic heterocycles. The van der Waals surface area contributed by atoms with Crippen LogP contribution < -0.4 is 11.1 Å². The van der Waals surface area contributed by atoms with Crippen LogP contribution in [0.25, 0.3) is 0 Å². The highest BCUT2D eigenvalue weighted by molar-refractivity contribution is 7.91. The van der Waals surface area contributed by atoms with Gasteiger partial charge in [-0.25, -0.2) is 8.42 Å². The summed E-state index contributed by atoms with van der Waals surface area (Å²) in [5.41, 5.74) is 5.71. The molecule has 19 heavy (non-hydrogen) atoms. The first kappa shape index (κ1) is 14.6. The van der Waals surface area contributed by atoms with Gasteiger partial charge in [-0.1, -0.05) is 26.7 Å². The van der Waals surface area contributed by atoms with E-state index in [-0.39, 0.29) is 16.5 Å². The fourth-order valence-electron chi connectivity index (χ4n) is 2.10. The summed E-state index contributed by atoms with van der Waals surface area (Å²) < 4.78 is 28.1. The molecule has 1 aliphatic rings. The van der Waals surface area contributed by atoms with Gasteiger partial charge in [0.05, 0.1) is 5.75 Å². The van der Waals surface area contributed by atoms with Crippen molar-refractivity contribution >= 4 is 32.2 Å². The molecule has 0 bridgehead atoms. The zero-order valence-electron chi connectivity index (χ0n) is 11.3. The average molecular weight is 303 g/mol. The molecule has 1 unspecified atom stereocenters. The van der Waals surface area contributed by atoms with Gasteiger partial charge < -0.3 is 11.1 Å². The van der Waals surface area contributed by atoms with Gasteiger partial charge in [-0.05, 0) is 30.3 Å². The number of sulfone groups is 1. The maximum Gasteiger partial charge on any atom is 0.184 e. The molecule has 1 heterocycles. The Labute approximate surface area is 118 Å². The maximum absolute atomic E-state index is 12.1. The summed E-state index contributed by atoms with van der Waals surface area (Å²) in [5.74, 6) is 0.966. The van der Waals surface area contributed by atoms with Crippen LogP contribution in [-0.2, 0) is 9.84 Å². The highest BCUT2D eigenvalue weighted by atomic mass is 32.2. The number of nitrogens with two attached hydrogens (primary N) is 1. The molecule has 1 atom stereocenters. The Morgan fingerprint density at radius 2 is 2.16 bits per heavy atom. The summed E-state index contributed by atoms with van der Waals surface area (Å²) in [7, 11) is -3.32. The summed E-state index contributed by atoms with van der Waals surface area (Å²) in [4.78, 5) is 0.189. The van der Waals surface area contributed by atoms with Crippen molar-refractivity contribution in [2.75, 3.05) is 16.8 Å². The highest BCUT2D eigenvalue weighted by Gasteiger charge is 2.28. The lowest BCUT2D eigenvalue weighted by Gasteiger charge is -2.17. The third-order valence-corrected chi connectivity index (χ3v) is 6.23. The van der Waals surface area contributed by atoms with Gasteiger partial charge in [-0.3, -0.25) is 0 Å². The fraction of sp³-hybridized carbons (Fsp3) is 0.750. The number of nitrogen functional groups attached to an aromatic ring is 1. The predicted octanol–water partition coefficient (Wildman–Crippen LogP) is 2.51. The lowest BCUT2D eigenvalue weighted by Crippen LogP contribution is -2.20. The Balaban J connectivity index is 2.19. The van der Waals surface area contributed by atoms with Crippen molar-refractivity contribution in [3.05, 3.63) is 0 Å². The lowest BCUT2D eigenvalue weighted by molar-refractivity contribution is 0.584. The van der Waals surface area contributed by atoms with Crippen molar-refractivity contribution in [1.29, 1.82) is 0 Å². The second kappa shape index (κ2) is 5.66. The molecule has 1 fully saturated rings. The van der Waals surface area contributed by atoms with Crippen LogP contribution in [0.5, 0.6) is 0 Å². The Bertz CT molecular complexity index is 535. The lowest BCUT2D eigenvalue weighted by atomic mass is 10.1. The van der Waals surface area contributed by atoms with E-state index in [4.69, 9.17) is 5.73 Å². The summed E-state index contributed by atoms with van der Waals surface area (Å²) in [6.45, 7) is 3.73. The molecule has 1 aliphatic carbocycles. The summed E-state index contributed by atoms with van der Waals surface area (Å²) >= 11 is 1.14. The number of hydrogen-bond donors (Lipinski definition) is 2. The van der Waals surface area contributed by atoms with Gasteiger partial charge in [0.2, 0.25) is 0 Å². The second-order valence-corrected chi connectivity index (χ2v) is 8.05. The number of nitrogens with one attached hydrogen (secondary N) is 1. The van der Waals surface area contributed by atoms with Crippen molar-refractivity contribution in [1.82, 2.24) is 4.37 Å². The van der Waals surface area contributed by atoms with E-state index in [2.05, 4.69) is 16.6 Å². The van der Waals surface area contributed by atoms with E-state index < -0.39 is 9.84 Å². The topological polar surface area (TPSA) is 85.1 Å². The zero-order chi connectivity index (χ0) is 14.0. The number of anilines is 2. The molecule has 5 nitrogen and oxygen atoms in total. The summed E-state index contributed by atoms with van der Waals surface area (Å²) in [6.07, 6.45) is 4.66. The third kappa shape index (κ3) is 3.39. The molecule has 1 aromatic heterocycles. The van der Waals surface area contributed by atoms with E-state index in [1.807, 2.05) is 0 Å². The predicted molar refractivity (Wildman–Crippen MR) is 79.3 cm³/mol. The fourth-order valence-corrected chi connectivity index (χ4v) is 4.33. The summed E-state index contributed by atoms with van der Waals surface area (Å²) in [5, 5.41) is 3.93. The van der Waals surface area contributed by atoms with E-state index in [9.17, 15) is 8.42 Å². The highest BCUT2D eigenvalue weighted by Crippen LogP contribution is 2.37. The Kier molecular flexibility index (Phi) is 4.35. The molecule has 1 aromatic rings. The van der Waals surface area contributed by atoms with Crippen molar-refractivity contribution in [3.8, 4) is 0 Å². The van der Waals surface area contributed by atoms with E-state index in [0.717, 1.165) is 30.3 Å². The van der Waals surface area contributed by atoms with Crippen LogP contribution >= 0.6 is 11.5 Å². The monoisotopic (exact) mass is 303 g/mol. The van der Waals surface area contributed by atoms with Crippen molar-refractivity contribution in [2.24, 2.45) is 5.92 Å². The van der Waals surface area contributed by atoms with Gasteiger partial charge in [0.1, 0.15) is 9.90 Å². The van der Waals surface area contributed by atoms with E-state index in [1.165, 1.54) is 12.8 Å². The molecule has 0 spiro atoms. The van der Waals surface area contributed by atoms with Gasteiger partial charge in [-0.2, -0.15) is 4.37 Å². The van der Waals surface area contributed by atoms with Crippen LogP contribution in [0.1, 0.15) is 39.5 Å². The van der Waals surface area contributed by atoms with Gasteiger partial charge in [0, 0.05) is 6.04 Å². The summed E-state index contributed by atoms with van der Waals surface area (Å²) in [6, 6.07) is 0.304. The van der Waals surface area contributed by atoms with Gasteiger partial charge in [-0.15, -0.1) is 0 Å². The van der Waals surface area contributed by atoms with Crippen molar-refractivity contribution in [3.63, 3.8) is 0 Å².